The van der Waals surface area contributed by atoms with Crippen molar-refractivity contribution < 1.29 is 17.2 Å². The monoisotopic (exact) mass is 319 g/mol. The molecule has 0 aliphatic carbocycles. The summed E-state index contributed by atoms with van der Waals surface area (Å²) < 4.78 is 55.3. The van der Waals surface area contributed by atoms with E-state index in [2.05, 4.69) is 5.32 Å². The molecule has 1 aromatic rings. The molecule has 1 unspecified atom stereocenters. The van der Waals surface area contributed by atoms with Crippen LogP contribution < -0.4 is 10.0 Å². The summed E-state index contributed by atoms with van der Waals surface area (Å²) in [4.78, 5) is 0. The van der Waals surface area contributed by atoms with E-state index >= 15 is 0 Å². The summed E-state index contributed by atoms with van der Waals surface area (Å²) in [5.74, 6) is -1.86. The fraction of sp³-hybridized carbons (Fsp3) is 0.538. The van der Waals surface area contributed by atoms with Crippen molar-refractivity contribution in [3.63, 3.8) is 0 Å². The van der Waals surface area contributed by atoms with Crippen LogP contribution in [0.2, 0.25) is 0 Å². The number of para-hydroxylation sites is 1. The molecule has 1 aromatic carbocycles. The molecule has 8 heteroatoms. The maximum Gasteiger partial charge on any atom is 0.302 e. The Morgan fingerprint density at radius 1 is 1.29 bits per heavy atom. The minimum atomic E-state index is -3.99. The number of benzene rings is 1. The zero-order chi connectivity index (χ0) is 15.5. The first-order valence-electron chi connectivity index (χ1n) is 6.84. The van der Waals surface area contributed by atoms with Gasteiger partial charge in [-0.1, -0.05) is 12.5 Å². The lowest BCUT2D eigenvalue weighted by Gasteiger charge is -2.34. The van der Waals surface area contributed by atoms with Crippen molar-refractivity contribution in [2.75, 3.05) is 24.9 Å². The van der Waals surface area contributed by atoms with Crippen LogP contribution in [0.15, 0.2) is 18.2 Å². The summed E-state index contributed by atoms with van der Waals surface area (Å²) in [7, 11) is -2.25. The maximum absolute atomic E-state index is 13.6. The quantitative estimate of drug-likeness (QED) is 0.868. The van der Waals surface area contributed by atoms with E-state index in [1.807, 2.05) is 4.72 Å². The first-order chi connectivity index (χ1) is 9.95. The minimum absolute atomic E-state index is 0.212. The number of halogens is 2. The normalized spacial score (nSPS) is 20.4. The molecule has 1 fully saturated rings. The number of nitrogens with one attached hydrogen (secondary N) is 2. The van der Waals surface area contributed by atoms with Crippen molar-refractivity contribution in [1.82, 2.24) is 9.62 Å². The molecule has 1 heterocycles. The molecular weight excluding hydrogens is 300 g/mol. The third-order valence-corrected chi connectivity index (χ3v) is 5.08. The molecule has 2 rings (SSSR count). The second-order valence-corrected chi connectivity index (χ2v) is 6.65. The second-order valence-electron chi connectivity index (χ2n) is 5.02. The molecule has 21 heavy (non-hydrogen) atoms. The van der Waals surface area contributed by atoms with Crippen LogP contribution in [-0.4, -0.2) is 38.9 Å². The van der Waals surface area contributed by atoms with E-state index in [4.69, 9.17) is 0 Å². The van der Waals surface area contributed by atoms with Gasteiger partial charge in [0.15, 0.2) is 0 Å². The number of rotatable bonds is 5. The fourth-order valence-corrected chi connectivity index (χ4v) is 4.03. The van der Waals surface area contributed by atoms with Gasteiger partial charge in [0.05, 0.1) is 0 Å². The van der Waals surface area contributed by atoms with Gasteiger partial charge in [0.2, 0.25) is 0 Å². The van der Waals surface area contributed by atoms with Crippen LogP contribution in [0.3, 0.4) is 0 Å². The lowest BCUT2D eigenvalue weighted by atomic mass is 10.1. The molecule has 5 nitrogen and oxygen atoms in total. The lowest BCUT2D eigenvalue weighted by molar-refractivity contribution is 0.250. The van der Waals surface area contributed by atoms with Gasteiger partial charge in [-0.25, -0.2) is 8.78 Å². The Bertz CT molecular complexity index is 573. The Labute approximate surface area is 123 Å². The summed E-state index contributed by atoms with van der Waals surface area (Å²) in [6.45, 7) is 0.846. The molecule has 0 radical (unpaired) electrons. The van der Waals surface area contributed by atoms with Gasteiger partial charge in [-0.3, -0.25) is 4.72 Å². The highest BCUT2D eigenvalue weighted by molar-refractivity contribution is 7.90. The summed E-state index contributed by atoms with van der Waals surface area (Å²) >= 11 is 0. The maximum atomic E-state index is 13.6. The number of likely N-dealkylation sites (N-methyl/N-ethyl adjacent to an activating group) is 1. The molecule has 118 valence electrons. The van der Waals surface area contributed by atoms with E-state index in [9.17, 15) is 17.2 Å². The van der Waals surface area contributed by atoms with Crippen molar-refractivity contribution in [3.05, 3.63) is 29.8 Å². The van der Waals surface area contributed by atoms with E-state index in [-0.39, 0.29) is 6.04 Å². The van der Waals surface area contributed by atoms with Gasteiger partial charge in [-0.15, -0.1) is 0 Å². The average Bonchev–Trinajstić information content (AvgIpc) is 2.44. The summed E-state index contributed by atoms with van der Waals surface area (Å²) in [6.07, 6.45) is 2.40. The van der Waals surface area contributed by atoms with Gasteiger partial charge in [-0.2, -0.15) is 12.7 Å². The molecule has 0 spiro atoms. The van der Waals surface area contributed by atoms with Crippen molar-refractivity contribution in [3.8, 4) is 0 Å². The van der Waals surface area contributed by atoms with Gasteiger partial charge in [0.25, 0.3) is 0 Å². The van der Waals surface area contributed by atoms with Crippen LogP contribution in [0.25, 0.3) is 0 Å². The minimum Gasteiger partial charge on any atom is -0.318 e. The van der Waals surface area contributed by atoms with Gasteiger partial charge in [0.1, 0.15) is 17.3 Å². The molecule has 1 atom stereocenters. The highest BCUT2D eigenvalue weighted by Crippen LogP contribution is 2.24. The van der Waals surface area contributed by atoms with E-state index in [0.29, 0.717) is 13.1 Å². The van der Waals surface area contributed by atoms with E-state index in [1.54, 1.807) is 7.05 Å². The predicted octanol–water partition coefficient (Wildman–Crippen LogP) is 1.70. The van der Waals surface area contributed by atoms with Crippen LogP contribution in [0.1, 0.15) is 19.3 Å². The Morgan fingerprint density at radius 2 is 1.95 bits per heavy atom. The van der Waals surface area contributed by atoms with Crippen LogP contribution in [0.4, 0.5) is 14.5 Å². The number of nitrogens with zero attached hydrogens (tertiary/aromatic N) is 1. The van der Waals surface area contributed by atoms with E-state index in [0.717, 1.165) is 31.4 Å². The van der Waals surface area contributed by atoms with Gasteiger partial charge in [-0.05, 0) is 32.0 Å². The van der Waals surface area contributed by atoms with Crippen LogP contribution in [-0.2, 0) is 10.2 Å². The Morgan fingerprint density at radius 3 is 2.57 bits per heavy atom. The largest absolute Gasteiger partial charge is 0.318 e. The smallest absolute Gasteiger partial charge is 0.302 e. The SMILES string of the molecule is CNCC1CCCCN1S(=O)(=O)Nc1c(F)cccc1F. The number of hydrogen-bond acceptors (Lipinski definition) is 3. The molecule has 0 bridgehead atoms. The zero-order valence-electron chi connectivity index (χ0n) is 11.8. The molecule has 1 aliphatic heterocycles. The third kappa shape index (κ3) is 3.69. The Balaban J connectivity index is 2.24. The van der Waals surface area contributed by atoms with Crippen LogP contribution in [0, 0.1) is 11.6 Å². The Kier molecular flexibility index (Phi) is 5.13. The van der Waals surface area contributed by atoms with Crippen LogP contribution >= 0.6 is 0 Å². The summed E-state index contributed by atoms with van der Waals surface area (Å²) in [5, 5.41) is 2.94. The molecular formula is C13H19F2N3O2S. The van der Waals surface area contributed by atoms with Crippen LogP contribution in [0.5, 0.6) is 0 Å². The molecule has 1 saturated heterocycles. The second kappa shape index (κ2) is 6.67. The molecule has 1 aliphatic rings. The number of hydrogen-bond donors (Lipinski definition) is 2. The zero-order valence-corrected chi connectivity index (χ0v) is 12.6. The highest BCUT2D eigenvalue weighted by atomic mass is 32.2. The molecule has 0 amide bonds. The fourth-order valence-electron chi connectivity index (χ4n) is 2.51. The number of anilines is 1. The highest BCUT2D eigenvalue weighted by Gasteiger charge is 2.32. The topological polar surface area (TPSA) is 61.4 Å². The standard InChI is InChI=1S/C13H19F2N3O2S/c1-16-9-10-5-2-3-8-18(10)21(19,20)17-13-11(14)6-4-7-12(13)15/h4,6-7,10,16-17H,2-3,5,8-9H2,1H3. The average molecular weight is 319 g/mol. The molecule has 0 aromatic heterocycles. The van der Waals surface area contributed by atoms with Crippen molar-refractivity contribution in [2.45, 2.75) is 25.3 Å². The summed E-state index contributed by atoms with van der Waals surface area (Å²) in [6, 6.07) is 3.01. The Hall–Kier alpha value is -1.25. The predicted molar refractivity (Wildman–Crippen MR) is 77.2 cm³/mol. The van der Waals surface area contributed by atoms with Gasteiger partial charge in [0, 0.05) is 19.1 Å². The first kappa shape index (κ1) is 16.1. The summed E-state index contributed by atoms with van der Waals surface area (Å²) in [5.41, 5.74) is -0.633. The van der Waals surface area contributed by atoms with Crippen molar-refractivity contribution in [1.29, 1.82) is 0 Å². The van der Waals surface area contributed by atoms with Gasteiger partial charge < -0.3 is 5.32 Å². The third-order valence-electron chi connectivity index (χ3n) is 3.52. The van der Waals surface area contributed by atoms with Crippen molar-refractivity contribution in [2.24, 2.45) is 0 Å². The molecule has 2 N–H and O–H groups in total. The van der Waals surface area contributed by atoms with E-state index in [1.165, 1.54) is 10.4 Å². The first-order valence-corrected chi connectivity index (χ1v) is 8.28. The van der Waals surface area contributed by atoms with Crippen molar-refractivity contribution >= 4 is 15.9 Å². The van der Waals surface area contributed by atoms with Gasteiger partial charge >= 0.3 is 10.2 Å². The molecule has 0 saturated carbocycles. The van der Waals surface area contributed by atoms with E-state index < -0.39 is 27.5 Å². The number of piperidine rings is 1. The lowest BCUT2D eigenvalue weighted by Crippen LogP contribution is -2.50.